The molecule has 2 aromatic carbocycles. The quantitative estimate of drug-likeness (QED) is 0.561. The average molecular weight is 502 g/mol. The zero-order valence-corrected chi connectivity index (χ0v) is 20.5. The number of aryl methyl sites for hydroxylation is 1. The molecule has 192 valence electrons. The van der Waals surface area contributed by atoms with Crippen LogP contribution in [-0.4, -0.2) is 39.8 Å². The van der Waals surface area contributed by atoms with Crippen LogP contribution in [0.3, 0.4) is 0 Å². The molecule has 0 bridgehead atoms. The number of amides is 1. The maximum absolute atomic E-state index is 14.0. The van der Waals surface area contributed by atoms with Crippen molar-refractivity contribution >= 4 is 11.6 Å². The topological polar surface area (TPSA) is 73.8 Å². The molecule has 0 aliphatic carbocycles. The van der Waals surface area contributed by atoms with E-state index >= 15 is 0 Å². The molecule has 4 rings (SSSR count). The van der Waals surface area contributed by atoms with Crippen LogP contribution in [0.1, 0.15) is 48.6 Å². The van der Waals surface area contributed by atoms with Gasteiger partial charge in [-0.05, 0) is 49.6 Å². The van der Waals surface area contributed by atoms with Crippen LogP contribution in [-0.2, 0) is 11.3 Å². The van der Waals surface area contributed by atoms with E-state index in [0.717, 1.165) is 11.1 Å². The van der Waals surface area contributed by atoms with E-state index in [1.165, 1.54) is 6.07 Å². The Morgan fingerprint density at radius 3 is 2.64 bits per heavy atom. The third kappa shape index (κ3) is 4.67. The molecule has 0 spiro atoms. The summed E-state index contributed by atoms with van der Waals surface area (Å²) in [6, 6.07) is 10.1. The van der Waals surface area contributed by atoms with Crippen LogP contribution < -0.4 is 15.4 Å². The van der Waals surface area contributed by atoms with Crippen LogP contribution >= 0.6 is 0 Å². The largest absolute Gasteiger partial charge is 0.490 e. The van der Waals surface area contributed by atoms with E-state index < -0.39 is 30.0 Å². The van der Waals surface area contributed by atoms with Crippen molar-refractivity contribution in [1.82, 2.24) is 15.5 Å². The molecule has 1 saturated heterocycles. The maximum Gasteiger partial charge on any atom is 0.423 e. The molecule has 2 aliphatic heterocycles. The Balaban J connectivity index is 1.62. The zero-order chi connectivity index (χ0) is 26.5. The van der Waals surface area contributed by atoms with Gasteiger partial charge in [-0.25, -0.2) is 0 Å². The van der Waals surface area contributed by atoms with Gasteiger partial charge in [0.1, 0.15) is 18.2 Å². The van der Waals surface area contributed by atoms with E-state index in [1.807, 2.05) is 26.8 Å². The van der Waals surface area contributed by atoms with Gasteiger partial charge in [0, 0.05) is 23.2 Å². The summed E-state index contributed by atoms with van der Waals surface area (Å²) in [6.07, 6.45) is -4.65. The molecule has 0 saturated carbocycles. The van der Waals surface area contributed by atoms with Gasteiger partial charge in [0.25, 0.3) is 0 Å². The maximum atomic E-state index is 14.0. The van der Waals surface area contributed by atoms with Crippen LogP contribution in [0.5, 0.6) is 5.75 Å². The van der Waals surface area contributed by atoms with Crippen molar-refractivity contribution in [3.05, 3.63) is 83.7 Å². The molecule has 3 N–H and O–H groups in total. The SMILES string of the molecule is C=C(NC1c2ccccc2OCC1(O)C(F)(F)F)c1ccc(C)c(CN2C(=C)NC(C)(C)CC2=O)c1. The second-order valence-electron chi connectivity index (χ2n) is 10.1. The van der Waals surface area contributed by atoms with Crippen molar-refractivity contribution in [3.8, 4) is 5.75 Å². The summed E-state index contributed by atoms with van der Waals surface area (Å²) in [6.45, 7) is 13.0. The number of carbonyl (C=O) groups is 1. The van der Waals surface area contributed by atoms with Crippen molar-refractivity contribution in [1.29, 1.82) is 0 Å². The van der Waals surface area contributed by atoms with Gasteiger partial charge < -0.3 is 20.5 Å². The molecular weight excluding hydrogens is 471 g/mol. The van der Waals surface area contributed by atoms with Gasteiger partial charge >= 0.3 is 6.18 Å². The number of hydrogen-bond donors (Lipinski definition) is 3. The minimum Gasteiger partial charge on any atom is -0.490 e. The minimum atomic E-state index is -4.95. The molecule has 2 aromatic rings. The Morgan fingerprint density at radius 1 is 1.28 bits per heavy atom. The standard InChI is InChI=1S/C27H30F3N3O3/c1-16-10-11-19(12-20(16)14-33-18(3)32-25(4,5)13-23(33)34)17(2)31-24-21-8-6-7-9-22(21)36-15-26(24,35)27(28,29)30/h6-12,24,31-32,35H,2-3,13-15H2,1,4-5H3. The molecular formula is C27H30F3N3O3. The Labute approximate surface area is 208 Å². The lowest BCUT2D eigenvalue weighted by atomic mass is 9.85. The van der Waals surface area contributed by atoms with Crippen molar-refractivity contribution in [2.45, 2.75) is 57.1 Å². The number of para-hydroxylation sites is 1. The first-order valence-electron chi connectivity index (χ1n) is 11.6. The highest BCUT2D eigenvalue weighted by molar-refractivity contribution is 5.80. The Bertz CT molecular complexity index is 1200. The predicted molar refractivity (Wildman–Crippen MR) is 131 cm³/mol. The van der Waals surface area contributed by atoms with E-state index in [9.17, 15) is 23.1 Å². The van der Waals surface area contributed by atoms with Crippen LogP contribution in [0.15, 0.2) is 61.4 Å². The fraction of sp³-hybridized carbons (Fsp3) is 0.370. The normalized spacial score (nSPS) is 23.4. The lowest BCUT2D eigenvalue weighted by molar-refractivity contribution is -0.282. The first kappa shape index (κ1) is 25.6. The molecule has 1 fully saturated rings. The predicted octanol–water partition coefficient (Wildman–Crippen LogP) is 4.55. The molecule has 36 heavy (non-hydrogen) atoms. The van der Waals surface area contributed by atoms with Crippen LogP contribution in [0.4, 0.5) is 13.2 Å². The first-order chi connectivity index (χ1) is 16.7. The zero-order valence-electron chi connectivity index (χ0n) is 20.5. The molecule has 0 aromatic heterocycles. The van der Waals surface area contributed by atoms with Crippen LogP contribution in [0.25, 0.3) is 5.70 Å². The van der Waals surface area contributed by atoms with Gasteiger partial charge in [-0.1, -0.05) is 43.5 Å². The summed E-state index contributed by atoms with van der Waals surface area (Å²) >= 11 is 0. The first-order valence-corrected chi connectivity index (χ1v) is 11.6. The van der Waals surface area contributed by atoms with E-state index in [-0.39, 0.29) is 29.5 Å². The summed E-state index contributed by atoms with van der Waals surface area (Å²) in [5.41, 5.74) is -0.939. The number of alkyl halides is 3. The summed E-state index contributed by atoms with van der Waals surface area (Å²) < 4.78 is 47.2. The Hall–Kier alpha value is -3.46. The molecule has 1 amide bonds. The van der Waals surface area contributed by atoms with Gasteiger partial charge in [-0.2, -0.15) is 13.2 Å². The van der Waals surface area contributed by atoms with Gasteiger partial charge in [-0.3, -0.25) is 9.69 Å². The van der Waals surface area contributed by atoms with Gasteiger partial charge in [0.05, 0.1) is 12.6 Å². The molecule has 2 atom stereocenters. The van der Waals surface area contributed by atoms with Crippen molar-refractivity contribution in [2.24, 2.45) is 0 Å². The summed E-state index contributed by atoms with van der Waals surface area (Å²) in [5.74, 6) is 0.686. The number of halogens is 3. The molecule has 6 nitrogen and oxygen atoms in total. The highest BCUT2D eigenvalue weighted by Gasteiger charge is 2.62. The number of benzene rings is 2. The molecule has 2 heterocycles. The van der Waals surface area contributed by atoms with Crippen molar-refractivity contribution in [3.63, 3.8) is 0 Å². The van der Waals surface area contributed by atoms with E-state index in [1.54, 1.807) is 35.2 Å². The van der Waals surface area contributed by atoms with Gasteiger partial charge in [-0.15, -0.1) is 0 Å². The lowest BCUT2D eigenvalue weighted by Gasteiger charge is -2.42. The Kier molecular flexibility index (Phi) is 6.33. The van der Waals surface area contributed by atoms with E-state index in [0.29, 0.717) is 17.8 Å². The average Bonchev–Trinajstić information content (AvgIpc) is 2.78. The molecule has 0 radical (unpaired) electrons. The smallest absolute Gasteiger partial charge is 0.423 e. The van der Waals surface area contributed by atoms with Crippen molar-refractivity contribution < 1.29 is 27.8 Å². The lowest BCUT2D eigenvalue weighted by Crippen LogP contribution is -2.59. The number of fused-ring (bicyclic) bond motifs is 1. The second-order valence-corrected chi connectivity index (χ2v) is 10.1. The van der Waals surface area contributed by atoms with Crippen molar-refractivity contribution in [2.75, 3.05) is 6.61 Å². The number of carbonyl (C=O) groups excluding carboxylic acids is 1. The highest BCUT2D eigenvalue weighted by Crippen LogP contribution is 2.46. The molecule has 2 unspecified atom stereocenters. The van der Waals surface area contributed by atoms with E-state index in [4.69, 9.17) is 4.74 Å². The summed E-state index contributed by atoms with van der Waals surface area (Å²) in [4.78, 5) is 14.3. The van der Waals surface area contributed by atoms with E-state index in [2.05, 4.69) is 23.8 Å². The monoisotopic (exact) mass is 501 g/mol. The van der Waals surface area contributed by atoms with Gasteiger partial charge in [0.15, 0.2) is 0 Å². The summed E-state index contributed by atoms with van der Waals surface area (Å²) in [5, 5.41) is 16.8. The number of rotatable bonds is 5. The fourth-order valence-electron chi connectivity index (χ4n) is 4.59. The number of aliphatic hydroxyl groups is 1. The Morgan fingerprint density at radius 2 is 1.97 bits per heavy atom. The third-order valence-corrected chi connectivity index (χ3v) is 6.69. The van der Waals surface area contributed by atoms with Gasteiger partial charge in [0.2, 0.25) is 11.5 Å². The third-order valence-electron chi connectivity index (χ3n) is 6.69. The number of nitrogens with one attached hydrogen (secondary N) is 2. The highest BCUT2D eigenvalue weighted by atomic mass is 19.4. The second kappa shape index (κ2) is 8.89. The van der Waals surface area contributed by atoms with Crippen LogP contribution in [0.2, 0.25) is 0 Å². The minimum absolute atomic E-state index is 0.0699. The summed E-state index contributed by atoms with van der Waals surface area (Å²) in [7, 11) is 0. The molecule has 2 aliphatic rings. The number of nitrogens with zero attached hydrogens (tertiary/aromatic N) is 1. The number of hydrogen-bond acceptors (Lipinski definition) is 5. The van der Waals surface area contributed by atoms with Crippen LogP contribution in [0, 0.1) is 6.92 Å². The fourth-order valence-corrected chi connectivity index (χ4v) is 4.59. The number of ether oxygens (including phenoxy) is 1. The molecule has 9 heteroatoms.